The van der Waals surface area contributed by atoms with Gasteiger partial charge in [0.15, 0.2) is 0 Å². The number of fused-ring (bicyclic) bond motifs is 6. The fourth-order valence-electron chi connectivity index (χ4n) is 14.0. The molecule has 42 heteroatoms. The van der Waals surface area contributed by atoms with Crippen LogP contribution < -0.4 is 75.8 Å². The number of aromatic nitrogens is 15. The van der Waals surface area contributed by atoms with Crippen LogP contribution in [0.3, 0.4) is 0 Å². The number of H-pyrrole nitrogens is 4. The second-order valence-corrected chi connectivity index (χ2v) is 31.5. The Morgan fingerprint density at radius 2 is 0.856 bits per heavy atom. The Balaban J connectivity index is 0.000000165. The van der Waals surface area contributed by atoms with Gasteiger partial charge in [0.2, 0.25) is 41.0 Å². The third-order valence-corrected chi connectivity index (χ3v) is 22.5. The van der Waals surface area contributed by atoms with Crippen LogP contribution in [0, 0.1) is 36.6 Å². The number of methoxy groups -OCH3 is 9. The number of aliphatic hydroxyl groups is 1. The van der Waals surface area contributed by atoms with Crippen LogP contribution in [0.15, 0.2) is 165 Å². The molecule has 710 valence electrons. The number of halogens is 2. The van der Waals surface area contributed by atoms with E-state index in [2.05, 4.69) is 151 Å². The molecule has 0 fully saturated rings. The van der Waals surface area contributed by atoms with Crippen molar-refractivity contribution >= 4 is 194 Å². The molecule has 0 aliphatic rings. The van der Waals surface area contributed by atoms with E-state index in [1.54, 1.807) is 156 Å². The molecular weight excluding hydrogens is 2010 g/mol. The third kappa shape index (κ3) is 24.1. The number of benzene rings is 7. The Labute approximate surface area is 821 Å². The normalized spacial score (nSPS) is 11.4. The average Bonchev–Trinajstić information content (AvgIpc) is 1.65. The number of rotatable bonds is 28. The van der Waals surface area contributed by atoms with Crippen LogP contribution in [0.25, 0.3) is 113 Å². The number of nitrogens with two attached hydrogens (primary N) is 3. The number of primary amides is 3. The molecule has 0 spiro atoms. The zero-order valence-corrected chi connectivity index (χ0v) is 81.0. The second-order valence-electron chi connectivity index (χ2n) is 29.4. The van der Waals surface area contributed by atoms with Crippen molar-refractivity contribution in [3.63, 3.8) is 0 Å². The lowest BCUT2D eigenvalue weighted by Crippen LogP contribution is -2.46. The number of aromatic amines is 4. The van der Waals surface area contributed by atoms with Gasteiger partial charge in [0.1, 0.15) is 72.2 Å². The maximum atomic E-state index is 13.2. The van der Waals surface area contributed by atoms with Crippen molar-refractivity contribution in [2.24, 2.45) is 31.3 Å². The molecule has 9 heterocycles. The predicted octanol–water partition coefficient (Wildman–Crippen LogP) is 12.3. The quantitative estimate of drug-likeness (QED) is 0.0160. The van der Waals surface area contributed by atoms with Gasteiger partial charge in [-0.05, 0) is 184 Å². The molecule has 0 saturated heterocycles. The third-order valence-electron chi connectivity index (χ3n) is 20.9. The van der Waals surface area contributed by atoms with Crippen LogP contribution >= 0.6 is 45.2 Å². The van der Waals surface area contributed by atoms with Gasteiger partial charge in [-0.25, -0.2) is 19.8 Å². The Hall–Kier alpha value is -17.3. The largest absolute Gasteiger partial charge is 0.507 e. The van der Waals surface area contributed by atoms with Crippen molar-refractivity contribution in [3.05, 3.63) is 256 Å². The first-order chi connectivity index (χ1) is 67.1. The molecule has 16 rings (SSSR count). The van der Waals surface area contributed by atoms with Gasteiger partial charge in [-0.1, -0.05) is 61.2 Å². The second kappa shape index (κ2) is 48.0. The number of carbonyl (C=O) groups is 6. The molecular formula is C97H92I2N24O16. The molecule has 0 saturated carbocycles. The highest BCUT2D eigenvalue weighted by Gasteiger charge is 2.28. The number of aliphatic hydroxyl groups excluding tert-OH is 1. The summed E-state index contributed by atoms with van der Waals surface area (Å²) < 4.78 is 52.8. The zero-order chi connectivity index (χ0) is 100. The Kier molecular flexibility index (Phi) is 35.3. The summed E-state index contributed by atoms with van der Waals surface area (Å²) in [4.78, 5) is 88.9. The summed E-state index contributed by atoms with van der Waals surface area (Å²) in [6.07, 6.45) is 17.9. The monoisotopic (exact) mass is 2100 g/mol. The highest BCUT2D eigenvalue weighted by molar-refractivity contribution is 14.1. The van der Waals surface area contributed by atoms with Crippen molar-refractivity contribution in [2.45, 2.75) is 31.5 Å². The van der Waals surface area contributed by atoms with Gasteiger partial charge in [-0.15, -0.1) is 0 Å². The fourth-order valence-corrected chi connectivity index (χ4v) is 15.5. The van der Waals surface area contributed by atoms with Crippen LogP contribution in [0.2, 0.25) is 0 Å². The van der Waals surface area contributed by atoms with Gasteiger partial charge in [0, 0.05) is 57.3 Å². The minimum Gasteiger partial charge on any atom is -0.507 e. The van der Waals surface area contributed by atoms with Crippen LogP contribution in [0.4, 0.5) is 5.69 Å². The molecule has 6 amide bonds. The molecule has 7 aromatic carbocycles. The number of nitriles is 2. The van der Waals surface area contributed by atoms with E-state index in [1.807, 2.05) is 105 Å². The van der Waals surface area contributed by atoms with Gasteiger partial charge in [0.25, 0.3) is 17.7 Å². The zero-order valence-electron chi connectivity index (χ0n) is 76.7. The first kappa shape index (κ1) is 102. The summed E-state index contributed by atoms with van der Waals surface area (Å²) in [5.74, 6) is 0.622. The SMILES string of the molecule is COc1c(C#N)ccc2c1c(I)nn2C.COc1c(C#N)ccc2n[nH]c(I)c12.COc1ccc(/C=C/c2[nH]nc3ccc(C(=O)NC(C)C(N)=O)c(OC)c23)cn1.COc1ccc(/C=C/c2[nH]nc3ccc(C(=O)NC(CO)C(N)=O)c(OC)c23)cn1.COc1ccc(/C=C/c2[nH]nc3ccc(C(=O)NC(Cc4ccccc4)C(N)=O)c(OC)c23)cn1.[C-]#[N+]c1ccc2c(c(C=C)nn2C)c1OC. The van der Waals surface area contributed by atoms with Crippen molar-refractivity contribution < 1.29 is 76.5 Å². The van der Waals surface area contributed by atoms with Crippen LogP contribution in [0.1, 0.15) is 94.2 Å². The summed E-state index contributed by atoms with van der Waals surface area (Å²) in [5.41, 5.74) is 28.9. The maximum absolute atomic E-state index is 13.2. The molecule has 0 aliphatic carbocycles. The summed E-state index contributed by atoms with van der Waals surface area (Å²) in [6.45, 7) is 11.7. The topological polar surface area (TPSA) is 561 Å². The number of aryl methyl sites for hydroxylation is 2. The van der Waals surface area contributed by atoms with E-state index in [9.17, 15) is 33.9 Å². The molecule has 14 N–H and O–H groups in total. The number of hydrogen-bond acceptors (Lipinski definition) is 27. The van der Waals surface area contributed by atoms with Gasteiger partial charge in [0.05, 0.1) is 193 Å². The molecule has 16 aromatic rings. The van der Waals surface area contributed by atoms with Gasteiger partial charge in [-0.2, -0.15) is 41.1 Å². The summed E-state index contributed by atoms with van der Waals surface area (Å²) in [5, 5.41) is 76.4. The van der Waals surface area contributed by atoms with Crippen LogP contribution in [0.5, 0.6) is 52.1 Å². The van der Waals surface area contributed by atoms with E-state index < -0.39 is 60.2 Å². The van der Waals surface area contributed by atoms with Crippen LogP contribution in [-0.2, 0) is 34.9 Å². The number of ether oxygens (including phenoxy) is 9. The van der Waals surface area contributed by atoms with Gasteiger partial charge in [-0.3, -0.25) is 58.5 Å². The lowest BCUT2D eigenvalue weighted by atomic mass is 10.0. The minimum atomic E-state index is -1.20. The Bertz CT molecular complexity index is 7440. The van der Waals surface area contributed by atoms with E-state index in [0.717, 1.165) is 68.1 Å². The molecule has 0 aliphatic heterocycles. The number of amides is 6. The summed E-state index contributed by atoms with van der Waals surface area (Å²) in [7, 11) is 17.4. The maximum Gasteiger partial charge on any atom is 0.255 e. The molecule has 3 unspecified atom stereocenters. The first-order valence-electron chi connectivity index (χ1n) is 41.5. The highest BCUT2D eigenvalue weighted by atomic mass is 127. The Morgan fingerprint density at radius 1 is 0.468 bits per heavy atom. The van der Waals surface area contributed by atoms with Crippen molar-refractivity contribution in [1.29, 1.82) is 10.5 Å². The molecule has 3 atom stereocenters. The molecule has 40 nitrogen and oxygen atoms in total. The number of carbonyl (C=O) groups excluding carboxylic acids is 6. The van der Waals surface area contributed by atoms with E-state index in [-0.39, 0.29) is 28.9 Å². The predicted molar refractivity (Wildman–Crippen MR) is 540 cm³/mol. The minimum absolute atomic E-state index is 0.173. The van der Waals surface area contributed by atoms with E-state index in [1.165, 1.54) is 34.3 Å². The van der Waals surface area contributed by atoms with E-state index in [0.29, 0.717) is 113 Å². The number of nitrogens with one attached hydrogen (secondary N) is 7. The standard InChI is InChI=1S/C26H25N5O4.C20H21N5O5.C20H21N5O4.C12H11N3O.C10H8IN3O.C9H6IN3O/c1-34-22-13-9-17(15-28-22)8-11-19-23-20(31-30-19)12-10-18(24(23)35-2)26(33)29-21(25(27)32)14-16-6-4-3-5-7-16;1-29-16-8-4-11(9-22-16)3-6-13-17-14(25-24-13)7-5-12(18(17)30-2)20(28)23-15(10-26)19(21)27;1-11(19(21)26)23-20(27)13-6-8-15-17(18(13)29-3)14(24-25-15)7-4-12-5-9-16(28-2)22-10-12;1-5-8-11-10(15(3)14-8)7-6-9(13-2)12(11)16-4;1-14-7-4-3-6(5-12)9(15-2)8(7)10(11)13-14;1-14-8-5(4-11)2-3-6-7(8)9(10)13-12-6/h3-13,15,21H,14H2,1-2H3,(H2,27,32)(H,29,33)(H,30,31);3-9,15,26H,10H2,1-2H3,(H2,21,27)(H,23,28)(H,24,25);4-11H,1-3H3,(H2,21,26)(H,23,27)(H,24,25);5-7H,1H2,3-4H3;3-4H,1-2H3;2-3H,1H3,(H,12,13)/b11-8+;6-3+;7-4+;;;. The summed E-state index contributed by atoms with van der Waals surface area (Å²) in [6, 6.07) is 42.0. The van der Waals surface area contributed by atoms with Gasteiger partial charge < -0.3 is 80.9 Å². The van der Waals surface area contributed by atoms with E-state index in [4.69, 9.17) is 76.9 Å². The van der Waals surface area contributed by atoms with Gasteiger partial charge >= 0.3 is 0 Å². The fraction of sp³-hybridized carbons (Fsp3) is 0.175. The Morgan fingerprint density at radius 3 is 1.24 bits per heavy atom. The molecule has 9 aromatic heterocycles. The average molecular weight is 2100 g/mol. The smallest absolute Gasteiger partial charge is 0.255 e. The number of hydrogen-bond donors (Lipinski definition) is 11. The lowest BCUT2D eigenvalue weighted by Gasteiger charge is -2.17. The number of nitrogens with zero attached hydrogens (tertiary/aromatic N) is 14. The first-order valence-corrected chi connectivity index (χ1v) is 43.7. The van der Waals surface area contributed by atoms with E-state index >= 15 is 0 Å². The lowest BCUT2D eigenvalue weighted by molar-refractivity contribution is -0.121. The van der Waals surface area contributed by atoms with Crippen LogP contribution in [-0.4, -0.2) is 205 Å². The summed E-state index contributed by atoms with van der Waals surface area (Å²) >= 11 is 4.27. The van der Waals surface area contributed by atoms with Crippen molar-refractivity contribution in [1.82, 2.24) is 91.3 Å². The molecule has 139 heavy (non-hydrogen) atoms. The van der Waals surface area contributed by atoms with Crippen molar-refractivity contribution in [3.8, 4) is 64.3 Å². The highest BCUT2D eigenvalue weighted by Crippen LogP contribution is 2.41. The molecule has 0 bridgehead atoms. The van der Waals surface area contributed by atoms with Crippen molar-refractivity contribution in [2.75, 3.05) is 70.6 Å². The molecule has 0 radical (unpaired) electrons. The number of pyridine rings is 3.